The predicted molar refractivity (Wildman–Crippen MR) is 117 cm³/mol. The lowest BCUT2D eigenvalue weighted by molar-refractivity contribution is -0.116. The van der Waals surface area contributed by atoms with Crippen LogP contribution in [0.5, 0.6) is 0 Å². The highest BCUT2D eigenvalue weighted by atomic mass is 35.5. The summed E-state index contributed by atoms with van der Waals surface area (Å²) in [5.41, 5.74) is 1.40. The molecule has 0 atom stereocenters. The molecule has 154 valence electrons. The van der Waals surface area contributed by atoms with Crippen LogP contribution in [0.15, 0.2) is 53.9 Å². The van der Waals surface area contributed by atoms with E-state index in [0.717, 1.165) is 19.3 Å². The summed E-state index contributed by atoms with van der Waals surface area (Å²) in [5, 5.41) is 0.598. The first-order valence-corrected chi connectivity index (χ1v) is 10.6. The Kier molecular flexibility index (Phi) is 5.67. The van der Waals surface area contributed by atoms with Crippen LogP contribution in [0.3, 0.4) is 0 Å². The van der Waals surface area contributed by atoms with Gasteiger partial charge in [0, 0.05) is 31.1 Å². The molecule has 2 aromatic rings. The number of piperidine rings is 1. The van der Waals surface area contributed by atoms with Crippen LogP contribution < -0.4 is 4.90 Å². The first-order valence-electron chi connectivity index (χ1n) is 9.83. The minimum absolute atomic E-state index is 0.0755. The Morgan fingerprint density at radius 2 is 1.53 bits per heavy atom. The van der Waals surface area contributed by atoms with Crippen molar-refractivity contribution < 1.29 is 14.4 Å². The van der Waals surface area contributed by atoms with E-state index in [1.165, 1.54) is 17.9 Å². The van der Waals surface area contributed by atoms with E-state index in [2.05, 4.69) is 0 Å². The van der Waals surface area contributed by atoms with Crippen molar-refractivity contribution in [3.63, 3.8) is 0 Å². The van der Waals surface area contributed by atoms with Crippen molar-refractivity contribution in [1.29, 1.82) is 0 Å². The van der Waals surface area contributed by atoms with Gasteiger partial charge in [0.25, 0.3) is 0 Å². The smallest absolute Gasteiger partial charge is 0.228 e. The molecule has 0 aromatic heterocycles. The van der Waals surface area contributed by atoms with Gasteiger partial charge < -0.3 is 4.90 Å². The van der Waals surface area contributed by atoms with E-state index in [4.69, 9.17) is 23.2 Å². The lowest BCUT2D eigenvalue weighted by Gasteiger charge is -2.36. The molecule has 5 nitrogen and oxygen atoms in total. The molecule has 0 spiro atoms. The minimum atomic E-state index is -0.390. The Labute approximate surface area is 184 Å². The molecular weight excluding hydrogens is 423 g/mol. The highest BCUT2D eigenvalue weighted by Gasteiger charge is 2.39. The predicted octanol–water partition coefficient (Wildman–Crippen LogP) is 5.12. The van der Waals surface area contributed by atoms with Crippen molar-refractivity contribution >= 4 is 46.4 Å². The minimum Gasteiger partial charge on any atom is -0.367 e. The van der Waals surface area contributed by atoms with Gasteiger partial charge in [-0.1, -0.05) is 47.5 Å². The van der Waals surface area contributed by atoms with Gasteiger partial charge in [0.05, 0.1) is 15.7 Å². The summed E-state index contributed by atoms with van der Waals surface area (Å²) in [6.45, 7) is 2.68. The maximum Gasteiger partial charge on any atom is 0.228 e. The van der Waals surface area contributed by atoms with Crippen molar-refractivity contribution in [3.8, 4) is 0 Å². The number of carbonyl (C=O) groups excluding carboxylic acids is 3. The number of hydrogen-bond donors (Lipinski definition) is 0. The van der Waals surface area contributed by atoms with Crippen LogP contribution in [0, 0.1) is 0 Å². The van der Waals surface area contributed by atoms with E-state index in [0.29, 0.717) is 34.9 Å². The van der Waals surface area contributed by atoms with Crippen molar-refractivity contribution in [3.05, 3.63) is 75.0 Å². The first kappa shape index (κ1) is 20.6. The standard InChI is InChI=1S/C23H20Cl2N2O3/c1-14(28)27(15-9-10-18(24)19(25)13-15)21-20(26-11-5-2-6-12-26)22(29)16-7-3-4-8-17(16)23(21)30/h3-4,7-10,13H,2,5-6,11-12H2,1H3. The van der Waals surface area contributed by atoms with E-state index in [9.17, 15) is 14.4 Å². The number of carbonyl (C=O) groups is 3. The van der Waals surface area contributed by atoms with Crippen LogP contribution in [-0.2, 0) is 4.79 Å². The Bertz CT molecular complexity index is 1090. The number of Topliss-reactive ketones (excluding diaryl/α,β-unsaturated/α-hetero) is 2. The fourth-order valence-electron chi connectivity index (χ4n) is 4.06. The molecule has 30 heavy (non-hydrogen) atoms. The summed E-state index contributed by atoms with van der Waals surface area (Å²) in [4.78, 5) is 43.1. The second-order valence-electron chi connectivity index (χ2n) is 7.40. The largest absolute Gasteiger partial charge is 0.367 e. The molecule has 1 aliphatic carbocycles. The fourth-order valence-corrected chi connectivity index (χ4v) is 4.35. The highest BCUT2D eigenvalue weighted by Crippen LogP contribution is 2.36. The van der Waals surface area contributed by atoms with Gasteiger partial charge >= 0.3 is 0 Å². The van der Waals surface area contributed by atoms with Crippen molar-refractivity contribution in [2.75, 3.05) is 18.0 Å². The van der Waals surface area contributed by atoms with E-state index < -0.39 is 5.91 Å². The highest BCUT2D eigenvalue weighted by molar-refractivity contribution is 6.42. The second kappa shape index (κ2) is 8.25. The molecule has 2 aliphatic rings. The van der Waals surface area contributed by atoms with Gasteiger partial charge in [0.2, 0.25) is 17.5 Å². The van der Waals surface area contributed by atoms with E-state index in [1.807, 2.05) is 4.90 Å². The van der Waals surface area contributed by atoms with Crippen LogP contribution >= 0.6 is 23.2 Å². The summed E-state index contributed by atoms with van der Waals surface area (Å²) < 4.78 is 0. The van der Waals surface area contributed by atoms with Gasteiger partial charge in [-0.15, -0.1) is 0 Å². The number of nitrogens with zero attached hydrogens (tertiary/aromatic N) is 2. The Morgan fingerprint density at radius 1 is 0.900 bits per heavy atom. The summed E-state index contributed by atoms with van der Waals surface area (Å²) in [6.07, 6.45) is 2.92. The van der Waals surface area contributed by atoms with Crippen molar-refractivity contribution in [2.45, 2.75) is 26.2 Å². The zero-order valence-corrected chi connectivity index (χ0v) is 18.0. The third-order valence-electron chi connectivity index (χ3n) is 5.44. The Hall–Kier alpha value is -2.63. The lowest BCUT2D eigenvalue weighted by Crippen LogP contribution is -2.43. The van der Waals surface area contributed by atoms with E-state index >= 15 is 0 Å². The maximum atomic E-state index is 13.6. The number of rotatable bonds is 3. The van der Waals surface area contributed by atoms with Gasteiger partial charge in [-0.05, 0) is 37.5 Å². The van der Waals surface area contributed by atoms with Crippen LogP contribution in [0.1, 0.15) is 46.9 Å². The lowest BCUT2D eigenvalue weighted by atomic mass is 9.88. The topological polar surface area (TPSA) is 57.7 Å². The number of fused-ring (bicyclic) bond motifs is 1. The number of halogens is 2. The molecule has 1 aliphatic heterocycles. The summed E-state index contributed by atoms with van der Waals surface area (Å²) >= 11 is 12.2. The zero-order valence-electron chi connectivity index (χ0n) is 16.5. The van der Waals surface area contributed by atoms with Gasteiger partial charge in [-0.25, -0.2) is 0 Å². The number of ketones is 2. The van der Waals surface area contributed by atoms with Crippen molar-refractivity contribution in [2.24, 2.45) is 0 Å². The number of anilines is 1. The number of allylic oxidation sites excluding steroid dienone is 2. The second-order valence-corrected chi connectivity index (χ2v) is 8.22. The number of likely N-dealkylation sites (tertiary alicyclic amines) is 1. The van der Waals surface area contributed by atoms with Crippen molar-refractivity contribution in [1.82, 2.24) is 4.90 Å². The van der Waals surface area contributed by atoms with Crippen LogP contribution in [0.2, 0.25) is 10.0 Å². The molecule has 0 N–H and O–H groups in total. The molecule has 0 radical (unpaired) electrons. The molecule has 0 bridgehead atoms. The normalized spacial score (nSPS) is 16.6. The summed E-state index contributed by atoms with van der Waals surface area (Å²) in [5.74, 6) is -0.987. The van der Waals surface area contributed by atoms with E-state index in [-0.39, 0.29) is 28.0 Å². The SMILES string of the molecule is CC(=O)N(C1=C(N2CCCCC2)C(=O)c2ccccc2C1=O)c1ccc(Cl)c(Cl)c1. The molecular formula is C23H20Cl2N2O3. The number of hydrogen-bond acceptors (Lipinski definition) is 4. The molecule has 0 unspecified atom stereocenters. The average molecular weight is 443 g/mol. The first-order chi connectivity index (χ1) is 14.4. The number of amides is 1. The molecule has 1 heterocycles. The summed E-state index contributed by atoms with van der Waals surface area (Å²) in [6, 6.07) is 11.5. The quantitative estimate of drug-likeness (QED) is 0.661. The Balaban J connectivity index is 1.96. The average Bonchev–Trinajstić information content (AvgIpc) is 2.75. The van der Waals surface area contributed by atoms with Crippen LogP contribution in [0.4, 0.5) is 5.69 Å². The molecule has 0 saturated carbocycles. The molecule has 4 rings (SSSR count). The zero-order chi connectivity index (χ0) is 21.4. The number of benzene rings is 2. The van der Waals surface area contributed by atoms with Gasteiger partial charge in [-0.2, -0.15) is 0 Å². The molecule has 1 fully saturated rings. The van der Waals surface area contributed by atoms with Crippen LogP contribution in [0.25, 0.3) is 0 Å². The molecule has 1 saturated heterocycles. The molecule has 1 amide bonds. The van der Waals surface area contributed by atoms with Crippen LogP contribution in [-0.4, -0.2) is 35.5 Å². The van der Waals surface area contributed by atoms with Gasteiger partial charge in [0.15, 0.2) is 0 Å². The monoisotopic (exact) mass is 442 g/mol. The molecule has 2 aromatic carbocycles. The van der Waals surface area contributed by atoms with Gasteiger partial charge in [0.1, 0.15) is 11.4 Å². The summed E-state index contributed by atoms with van der Waals surface area (Å²) in [7, 11) is 0. The third kappa shape index (κ3) is 3.53. The fraction of sp³-hybridized carbons (Fsp3) is 0.261. The van der Waals surface area contributed by atoms with Gasteiger partial charge in [-0.3, -0.25) is 19.3 Å². The van der Waals surface area contributed by atoms with E-state index in [1.54, 1.807) is 36.4 Å². The molecule has 7 heteroatoms. The Morgan fingerprint density at radius 3 is 2.13 bits per heavy atom. The third-order valence-corrected chi connectivity index (χ3v) is 6.18. The maximum absolute atomic E-state index is 13.6.